The Bertz CT molecular complexity index is 738. The van der Waals surface area contributed by atoms with Gasteiger partial charge >= 0.3 is 12.0 Å². The Kier molecular flexibility index (Phi) is 3.98. The lowest BCUT2D eigenvalue weighted by Gasteiger charge is -2.48. The number of carbonyl (C=O) groups is 3. The van der Waals surface area contributed by atoms with Gasteiger partial charge in [-0.2, -0.15) is 9.37 Å². The highest BCUT2D eigenvalue weighted by atomic mass is 35.5. The smallest absolute Gasteiger partial charge is 0.353 e. The zero-order chi connectivity index (χ0) is 16.7. The summed E-state index contributed by atoms with van der Waals surface area (Å²) in [5, 5.41) is 16.5. The molecular weight excluding hydrogens is 353 g/mol. The summed E-state index contributed by atoms with van der Waals surface area (Å²) in [6, 6.07) is -0.862. The number of fused-ring (bicyclic) bond motifs is 1. The van der Waals surface area contributed by atoms with Crippen LogP contribution in [0.1, 0.15) is 5.82 Å². The second-order valence-electron chi connectivity index (χ2n) is 4.74. The second-order valence-corrected chi connectivity index (χ2v) is 6.30. The maximum Gasteiger partial charge on any atom is 0.353 e. The van der Waals surface area contributed by atoms with Gasteiger partial charge in [-0.05, 0) is 0 Å². The minimum atomic E-state index is -1.30. The molecule has 0 radical (unpaired) electrons. The topological polar surface area (TPSA) is 128 Å². The Morgan fingerprint density at radius 1 is 1.57 bits per heavy atom. The lowest BCUT2D eigenvalue weighted by Crippen LogP contribution is -2.70. The molecule has 1 saturated heterocycles. The Labute approximate surface area is 137 Å². The van der Waals surface area contributed by atoms with Gasteiger partial charge in [-0.1, -0.05) is 11.6 Å². The van der Waals surface area contributed by atoms with Crippen LogP contribution in [0.3, 0.4) is 0 Å². The normalized spacial score (nSPS) is 23.4. The quantitative estimate of drug-likeness (QED) is 0.612. The van der Waals surface area contributed by atoms with Crippen LogP contribution >= 0.6 is 23.4 Å². The zero-order valence-electron chi connectivity index (χ0n) is 11.2. The van der Waals surface area contributed by atoms with Gasteiger partial charge in [0.25, 0.3) is 5.91 Å². The van der Waals surface area contributed by atoms with E-state index in [0.29, 0.717) is 0 Å². The predicted molar refractivity (Wildman–Crippen MR) is 75.6 cm³/mol. The summed E-state index contributed by atoms with van der Waals surface area (Å²) in [6.07, 6.45) is -1.26. The molecule has 0 aliphatic carbocycles. The van der Waals surface area contributed by atoms with E-state index in [1.54, 1.807) is 0 Å². The van der Waals surface area contributed by atoms with Crippen molar-refractivity contribution in [2.75, 3.05) is 5.75 Å². The number of aromatic amines is 1. The number of aromatic nitrogens is 3. The molecule has 1 fully saturated rings. The number of hydrogen-bond acceptors (Lipinski definition) is 6. The number of nitrogens with zero attached hydrogens (tertiary/aromatic N) is 3. The van der Waals surface area contributed by atoms with Gasteiger partial charge in [0.1, 0.15) is 22.9 Å². The van der Waals surface area contributed by atoms with Gasteiger partial charge < -0.3 is 10.4 Å². The van der Waals surface area contributed by atoms with E-state index < -0.39 is 35.3 Å². The first-order valence-corrected chi connectivity index (χ1v) is 7.74. The lowest BCUT2D eigenvalue weighted by atomic mass is 10.0. The highest BCUT2D eigenvalue weighted by Crippen LogP contribution is 2.41. The van der Waals surface area contributed by atoms with Crippen molar-refractivity contribution < 1.29 is 23.9 Å². The fourth-order valence-electron chi connectivity index (χ4n) is 2.31. The molecule has 3 N–H and O–H groups in total. The first kappa shape index (κ1) is 15.7. The van der Waals surface area contributed by atoms with Crippen molar-refractivity contribution >= 4 is 41.1 Å². The van der Waals surface area contributed by atoms with Crippen LogP contribution in [0.2, 0.25) is 0 Å². The Morgan fingerprint density at radius 3 is 2.91 bits per heavy atom. The number of β-lactam (4-membered cyclic amide) rings is 1. The highest BCUT2D eigenvalue weighted by molar-refractivity contribution is 8.00. The second kappa shape index (κ2) is 5.81. The third kappa shape index (κ3) is 2.77. The van der Waals surface area contributed by atoms with Crippen LogP contribution < -0.4 is 5.32 Å². The van der Waals surface area contributed by atoms with Gasteiger partial charge in [0.2, 0.25) is 5.91 Å². The molecular formula is C11H9ClFN5O4S. The summed E-state index contributed by atoms with van der Waals surface area (Å²) in [7, 11) is 0. The number of carboxylic acids is 1. The van der Waals surface area contributed by atoms with Crippen LogP contribution in [-0.4, -0.2) is 60.1 Å². The van der Waals surface area contributed by atoms with Crippen LogP contribution in [0.4, 0.5) is 4.39 Å². The van der Waals surface area contributed by atoms with Crippen molar-refractivity contribution in [2.24, 2.45) is 0 Å². The van der Waals surface area contributed by atoms with Gasteiger partial charge in [0.15, 0.2) is 0 Å². The average Bonchev–Trinajstić information content (AvgIpc) is 2.89. The molecule has 0 bridgehead atoms. The van der Waals surface area contributed by atoms with Crippen LogP contribution in [-0.2, 0) is 20.8 Å². The van der Waals surface area contributed by atoms with E-state index in [9.17, 15) is 18.8 Å². The molecule has 12 heteroatoms. The number of H-pyrrole nitrogens is 1. The summed E-state index contributed by atoms with van der Waals surface area (Å²) in [6.45, 7) is 0. The Morgan fingerprint density at radius 2 is 2.30 bits per heavy atom. The number of hydrogen-bond donors (Lipinski definition) is 3. The molecule has 3 heterocycles. The van der Waals surface area contributed by atoms with Crippen molar-refractivity contribution in [3.8, 4) is 0 Å². The lowest BCUT2D eigenvalue weighted by molar-refractivity contribution is -0.150. The SMILES string of the molecule is O=C(Cc1nc(F)n[nH]1)N[C@@H]1C(=O)N2C(C(=O)O)=C(Cl)CS[C@H]12. The summed E-state index contributed by atoms with van der Waals surface area (Å²) in [5.74, 6) is -2.16. The van der Waals surface area contributed by atoms with E-state index in [0.717, 1.165) is 4.90 Å². The Hall–Kier alpha value is -2.14. The highest BCUT2D eigenvalue weighted by Gasteiger charge is 2.54. The molecule has 0 saturated carbocycles. The number of aliphatic carboxylic acids is 1. The monoisotopic (exact) mass is 361 g/mol. The molecule has 23 heavy (non-hydrogen) atoms. The molecule has 2 aliphatic heterocycles. The molecule has 1 aromatic heterocycles. The van der Waals surface area contributed by atoms with Crippen molar-refractivity contribution in [3.05, 3.63) is 22.6 Å². The van der Waals surface area contributed by atoms with Gasteiger partial charge in [0, 0.05) is 5.75 Å². The predicted octanol–water partition coefficient (Wildman–Crippen LogP) is -0.579. The third-order valence-electron chi connectivity index (χ3n) is 3.27. The number of thioether (sulfide) groups is 1. The van der Waals surface area contributed by atoms with Crippen molar-refractivity contribution in [1.82, 2.24) is 25.4 Å². The maximum absolute atomic E-state index is 12.6. The summed E-state index contributed by atoms with van der Waals surface area (Å²) in [5.41, 5.74) is -0.261. The first-order chi connectivity index (χ1) is 10.9. The number of amides is 2. The number of nitrogens with one attached hydrogen (secondary N) is 2. The largest absolute Gasteiger partial charge is 0.477 e. The van der Waals surface area contributed by atoms with Crippen LogP contribution in [0.25, 0.3) is 0 Å². The van der Waals surface area contributed by atoms with Gasteiger partial charge in [-0.15, -0.1) is 16.9 Å². The number of carboxylic acid groups (broad SMARTS) is 1. The summed E-state index contributed by atoms with van der Waals surface area (Å²) < 4.78 is 12.6. The molecule has 0 aromatic carbocycles. The first-order valence-electron chi connectivity index (χ1n) is 6.31. The number of halogens is 2. The van der Waals surface area contributed by atoms with Crippen LogP contribution in [0, 0.1) is 6.08 Å². The molecule has 0 unspecified atom stereocenters. The molecule has 2 amide bonds. The standard InChI is InChI=1S/C11H9ClFN5O4S/c12-3-2-23-9-6(8(20)18(9)7(3)10(21)22)15-5(19)1-4-14-11(13)17-16-4/h6,9H,1-2H2,(H,15,19)(H,21,22)(H,14,16,17)/t6-,9-/m1/s1. The molecule has 1 aromatic rings. The summed E-state index contributed by atoms with van der Waals surface area (Å²) >= 11 is 7.09. The molecule has 122 valence electrons. The van der Waals surface area contributed by atoms with E-state index in [1.807, 2.05) is 0 Å². The van der Waals surface area contributed by atoms with Gasteiger partial charge in [0.05, 0.1) is 11.5 Å². The van der Waals surface area contributed by atoms with Gasteiger partial charge in [-0.25, -0.2) is 4.79 Å². The van der Waals surface area contributed by atoms with Crippen LogP contribution in [0.5, 0.6) is 0 Å². The minimum Gasteiger partial charge on any atom is -0.477 e. The van der Waals surface area contributed by atoms with Crippen molar-refractivity contribution in [3.63, 3.8) is 0 Å². The molecule has 2 atom stereocenters. The van der Waals surface area contributed by atoms with Crippen molar-refractivity contribution in [1.29, 1.82) is 0 Å². The molecule has 0 spiro atoms. The van der Waals surface area contributed by atoms with E-state index in [1.165, 1.54) is 11.8 Å². The zero-order valence-corrected chi connectivity index (χ0v) is 12.8. The van der Waals surface area contributed by atoms with E-state index in [2.05, 4.69) is 20.5 Å². The molecule has 3 rings (SSSR count). The minimum absolute atomic E-state index is 0.0223. The molecule has 2 aliphatic rings. The fourth-order valence-corrected chi connectivity index (χ4v) is 3.86. The van der Waals surface area contributed by atoms with Crippen molar-refractivity contribution in [2.45, 2.75) is 17.8 Å². The molecule has 9 nitrogen and oxygen atoms in total. The number of carbonyl (C=O) groups excluding carboxylic acids is 2. The number of rotatable bonds is 4. The summed E-state index contributed by atoms with van der Waals surface area (Å²) in [4.78, 5) is 39.6. The van der Waals surface area contributed by atoms with E-state index >= 15 is 0 Å². The Balaban J connectivity index is 1.66. The van der Waals surface area contributed by atoms with E-state index in [-0.39, 0.29) is 28.7 Å². The average molecular weight is 362 g/mol. The van der Waals surface area contributed by atoms with E-state index in [4.69, 9.17) is 16.7 Å². The third-order valence-corrected chi connectivity index (χ3v) is 5.02. The van der Waals surface area contributed by atoms with Gasteiger partial charge in [-0.3, -0.25) is 19.6 Å². The van der Waals surface area contributed by atoms with Crippen LogP contribution in [0.15, 0.2) is 10.7 Å². The maximum atomic E-state index is 12.6. The fraction of sp³-hybridized carbons (Fsp3) is 0.364.